The molecule has 0 N–H and O–H groups in total. The van der Waals surface area contributed by atoms with Gasteiger partial charge < -0.3 is 9.47 Å². The molecule has 2 nitrogen and oxygen atoms in total. The first-order chi connectivity index (χ1) is 7.85. The Morgan fingerprint density at radius 3 is 1.69 bits per heavy atom. The SMILES string of the molecule is C=C/C1=C(\C=C)CO[C@@H]2CCCC[C@@H]2OC1. The first kappa shape index (κ1) is 11.6. The molecule has 0 radical (unpaired) electrons. The molecule has 0 aromatic heterocycles. The molecule has 1 aliphatic heterocycles. The lowest BCUT2D eigenvalue weighted by Gasteiger charge is -2.33. The van der Waals surface area contributed by atoms with Gasteiger partial charge >= 0.3 is 0 Å². The third-order valence-electron chi connectivity index (χ3n) is 3.45. The molecule has 0 unspecified atom stereocenters. The molecule has 0 spiro atoms. The van der Waals surface area contributed by atoms with Crippen molar-refractivity contribution in [3.05, 3.63) is 36.5 Å². The first-order valence-electron chi connectivity index (χ1n) is 6.05. The Labute approximate surface area is 97.6 Å². The van der Waals surface area contributed by atoms with Gasteiger partial charge in [-0.05, 0) is 24.0 Å². The smallest absolute Gasteiger partial charge is 0.0841 e. The van der Waals surface area contributed by atoms with Gasteiger partial charge in [-0.25, -0.2) is 0 Å². The van der Waals surface area contributed by atoms with Crippen LogP contribution in [0.1, 0.15) is 25.7 Å². The van der Waals surface area contributed by atoms with Crippen molar-refractivity contribution in [1.29, 1.82) is 0 Å². The predicted octanol–water partition coefficient (Wildman–Crippen LogP) is 3.01. The van der Waals surface area contributed by atoms with Crippen LogP contribution in [0, 0.1) is 0 Å². The molecule has 1 fully saturated rings. The molecule has 1 saturated carbocycles. The van der Waals surface area contributed by atoms with Gasteiger partial charge in [0.2, 0.25) is 0 Å². The Hall–Kier alpha value is -0.860. The molecule has 2 atom stereocenters. The van der Waals surface area contributed by atoms with E-state index >= 15 is 0 Å². The van der Waals surface area contributed by atoms with Crippen LogP contribution in [0.4, 0.5) is 0 Å². The average Bonchev–Trinajstić information content (AvgIpc) is 2.31. The zero-order chi connectivity index (χ0) is 11.4. The van der Waals surface area contributed by atoms with Gasteiger partial charge in [0.05, 0.1) is 25.4 Å². The Kier molecular flexibility index (Phi) is 3.97. The van der Waals surface area contributed by atoms with Gasteiger partial charge in [0.1, 0.15) is 0 Å². The third kappa shape index (κ3) is 2.45. The molecule has 1 aliphatic carbocycles. The van der Waals surface area contributed by atoms with Crippen LogP contribution in [0.2, 0.25) is 0 Å². The molecule has 16 heavy (non-hydrogen) atoms. The van der Waals surface area contributed by atoms with Gasteiger partial charge in [-0.15, -0.1) is 0 Å². The van der Waals surface area contributed by atoms with Gasteiger partial charge in [0.25, 0.3) is 0 Å². The normalized spacial score (nSPS) is 35.8. The molecule has 0 saturated heterocycles. The number of fused-ring (bicyclic) bond motifs is 1. The quantitative estimate of drug-likeness (QED) is 0.712. The van der Waals surface area contributed by atoms with Gasteiger partial charge in [-0.2, -0.15) is 0 Å². The highest BCUT2D eigenvalue weighted by Crippen LogP contribution is 2.27. The van der Waals surface area contributed by atoms with Gasteiger partial charge in [0, 0.05) is 0 Å². The minimum absolute atomic E-state index is 0.273. The third-order valence-corrected chi connectivity index (χ3v) is 3.45. The molecule has 2 rings (SSSR count). The predicted molar refractivity (Wildman–Crippen MR) is 65.4 cm³/mol. The summed E-state index contributed by atoms with van der Waals surface area (Å²) < 4.78 is 11.8. The van der Waals surface area contributed by atoms with E-state index in [0.717, 1.165) is 24.0 Å². The first-order valence-corrected chi connectivity index (χ1v) is 6.05. The molecule has 0 amide bonds. The van der Waals surface area contributed by atoms with E-state index in [1.807, 2.05) is 12.2 Å². The Morgan fingerprint density at radius 1 is 0.875 bits per heavy atom. The summed E-state index contributed by atoms with van der Waals surface area (Å²) in [7, 11) is 0. The maximum absolute atomic E-state index is 5.92. The molecule has 0 aromatic rings. The fourth-order valence-electron chi connectivity index (χ4n) is 2.40. The lowest BCUT2D eigenvalue weighted by Crippen LogP contribution is -2.37. The van der Waals surface area contributed by atoms with Gasteiger partial charge in [0.15, 0.2) is 0 Å². The number of hydrogen-bond acceptors (Lipinski definition) is 2. The fourth-order valence-corrected chi connectivity index (χ4v) is 2.40. The molecule has 1 heterocycles. The van der Waals surface area contributed by atoms with E-state index in [4.69, 9.17) is 9.47 Å². The van der Waals surface area contributed by atoms with Gasteiger partial charge in [-0.1, -0.05) is 38.2 Å². The summed E-state index contributed by atoms with van der Waals surface area (Å²) in [4.78, 5) is 0. The Balaban J connectivity index is 2.12. The maximum atomic E-state index is 5.92. The van der Waals surface area contributed by atoms with Crippen molar-refractivity contribution in [2.75, 3.05) is 13.2 Å². The van der Waals surface area contributed by atoms with E-state index in [1.165, 1.54) is 12.8 Å². The summed E-state index contributed by atoms with van der Waals surface area (Å²) in [5.41, 5.74) is 2.22. The van der Waals surface area contributed by atoms with E-state index in [0.29, 0.717) is 13.2 Å². The molecular formula is C14H20O2. The molecule has 2 aliphatic rings. The second-order valence-corrected chi connectivity index (χ2v) is 4.44. The van der Waals surface area contributed by atoms with Crippen LogP contribution in [-0.4, -0.2) is 25.4 Å². The zero-order valence-electron chi connectivity index (χ0n) is 9.78. The molecule has 2 heteroatoms. The van der Waals surface area contributed by atoms with E-state index in [1.54, 1.807) is 0 Å². The van der Waals surface area contributed by atoms with Crippen molar-refractivity contribution in [2.24, 2.45) is 0 Å². The highest BCUT2D eigenvalue weighted by molar-refractivity contribution is 5.32. The van der Waals surface area contributed by atoms with Crippen molar-refractivity contribution >= 4 is 0 Å². The highest BCUT2D eigenvalue weighted by atomic mass is 16.5. The summed E-state index contributed by atoms with van der Waals surface area (Å²) in [5, 5.41) is 0. The number of hydrogen-bond donors (Lipinski definition) is 0. The zero-order valence-corrected chi connectivity index (χ0v) is 9.78. The van der Waals surface area contributed by atoms with E-state index in [9.17, 15) is 0 Å². The van der Waals surface area contributed by atoms with Crippen LogP contribution in [-0.2, 0) is 9.47 Å². The Morgan fingerprint density at radius 2 is 1.31 bits per heavy atom. The highest BCUT2D eigenvalue weighted by Gasteiger charge is 2.28. The largest absolute Gasteiger partial charge is 0.371 e. The van der Waals surface area contributed by atoms with Crippen molar-refractivity contribution in [3.63, 3.8) is 0 Å². The second-order valence-electron chi connectivity index (χ2n) is 4.44. The maximum Gasteiger partial charge on any atom is 0.0841 e. The second kappa shape index (κ2) is 5.46. The molecular weight excluding hydrogens is 200 g/mol. The van der Waals surface area contributed by atoms with Crippen LogP contribution in [0.3, 0.4) is 0 Å². The lowest BCUT2D eigenvalue weighted by atomic mass is 9.94. The standard InChI is InChI=1S/C14H20O2/c1-3-11-9-15-13-7-5-6-8-14(13)16-10-12(11)4-2/h3-4,13-14H,1-2,5-10H2/b12-11-/t13-,14+. The van der Waals surface area contributed by atoms with Crippen LogP contribution >= 0.6 is 0 Å². The van der Waals surface area contributed by atoms with Crippen molar-refractivity contribution < 1.29 is 9.47 Å². The fraction of sp³-hybridized carbons (Fsp3) is 0.571. The van der Waals surface area contributed by atoms with Crippen LogP contribution < -0.4 is 0 Å². The Bertz CT molecular complexity index is 274. The van der Waals surface area contributed by atoms with Crippen LogP contribution in [0.25, 0.3) is 0 Å². The molecule has 0 aromatic carbocycles. The number of rotatable bonds is 2. The van der Waals surface area contributed by atoms with Gasteiger partial charge in [-0.3, -0.25) is 0 Å². The summed E-state index contributed by atoms with van der Waals surface area (Å²) in [6, 6.07) is 0. The van der Waals surface area contributed by atoms with Crippen LogP contribution in [0.15, 0.2) is 36.5 Å². The summed E-state index contributed by atoms with van der Waals surface area (Å²) in [6.07, 6.45) is 9.01. The average molecular weight is 220 g/mol. The minimum atomic E-state index is 0.273. The van der Waals surface area contributed by atoms with E-state index in [2.05, 4.69) is 13.2 Å². The summed E-state index contributed by atoms with van der Waals surface area (Å²) >= 11 is 0. The van der Waals surface area contributed by atoms with Crippen molar-refractivity contribution in [3.8, 4) is 0 Å². The molecule has 88 valence electrons. The summed E-state index contributed by atoms with van der Waals surface area (Å²) in [6.45, 7) is 8.93. The lowest BCUT2D eigenvalue weighted by molar-refractivity contribution is -0.0858. The van der Waals surface area contributed by atoms with Crippen molar-refractivity contribution in [1.82, 2.24) is 0 Å². The topological polar surface area (TPSA) is 18.5 Å². The monoisotopic (exact) mass is 220 g/mol. The summed E-state index contributed by atoms with van der Waals surface area (Å²) in [5.74, 6) is 0. The number of ether oxygens (including phenoxy) is 2. The van der Waals surface area contributed by atoms with Crippen LogP contribution in [0.5, 0.6) is 0 Å². The minimum Gasteiger partial charge on any atom is -0.371 e. The van der Waals surface area contributed by atoms with Crippen molar-refractivity contribution in [2.45, 2.75) is 37.9 Å². The van der Waals surface area contributed by atoms with E-state index < -0.39 is 0 Å². The molecule has 0 bridgehead atoms. The van der Waals surface area contributed by atoms with E-state index in [-0.39, 0.29) is 12.2 Å².